The minimum atomic E-state index is -0.0367. The fraction of sp³-hybridized carbons (Fsp3) is 0.400. The van der Waals surface area contributed by atoms with Crippen molar-refractivity contribution < 1.29 is 9.32 Å². The number of para-hydroxylation sites is 1. The fourth-order valence-electron chi connectivity index (χ4n) is 3.73. The van der Waals surface area contributed by atoms with Gasteiger partial charge in [-0.15, -0.1) is 0 Å². The summed E-state index contributed by atoms with van der Waals surface area (Å²) in [5, 5.41) is 8.27. The van der Waals surface area contributed by atoms with E-state index in [9.17, 15) is 4.79 Å². The van der Waals surface area contributed by atoms with Crippen molar-refractivity contribution >= 4 is 16.8 Å². The third kappa shape index (κ3) is 3.37. The first-order valence-electron chi connectivity index (χ1n) is 9.13. The van der Waals surface area contributed by atoms with Crippen LogP contribution in [-0.2, 0) is 6.54 Å². The summed E-state index contributed by atoms with van der Waals surface area (Å²) >= 11 is 0. The van der Waals surface area contributed by atoms with Crippen LogP contribution in [0, 0.1) is 13.8 Å². The van der Waals surface area contributed by atoms with Crippen molar-refractivity contribution in [2.24, 2.45) is 0 Å². The van der Waals surface area contributed by atoms with Crippen molar-refractivity contribution in [1.29, 1.82) is 0 Å². The van der Waals surface area contributed by atoms with E-state index in [1.807, 2.05) is 44.2 Å². The van der Waals surface area contributed by atoms with Gasteiger partial charge in [0.2, 0.25) is 0 Å². The minimum Gasteiger partial charge on any atom is -0.361 e. The molecule has 136 valence electrons. The standard InChI is InChI=1S/C20H24N4O2/c1-13-17(14(2)26-23-13)12-24-9-5-7-16(11-24)21-20(25)19-10-15-6-3-4-8-18(15)22-19/h3-4,6,8,10,16,22H,5,7,9,11-12H2,1-2H3,(H,21,25)/t16-/m0/s1. The van der Waals surface area contributed by atoms with Crippen LogP contribution < -0.4 is 5.32 Å². The zero-order valence-corrected chi connectivity index (χ0v) is 15.2. The Labute approximate surface area is 152 Å². The number of aromatic amines is 1. The molecule has 6 heteroatoms. The third-order valence-electron chi connectivity index (χ3n) is 5.18. The van der Waals surface area contributed by atoms with E-state index in [-0.39, 0.29) is 11.9 Å². The highest BCUT2D eigenvalue weighted by atomic mass is 16.5. The number of amides is 1. The molecule has 0 spiro atoms. The molecular weight excluding hydrogens is 328 g/mol. The number of hydrogen-bond acceptors (Lipinski definition) is 4. The van der Waals surface area contributed by atoms with Crippen molar-refractivity contribution in [2.45, 2.75) is 39.3 Å². The molecule has 1 fully saturated rings. The molecule has 1 saturated heterocycles. The number of benzene rings is 1. The number of H-pyrrole nitrogens is 1. The Balaban J connectivity index is 1.40. The van der Waals surface area contributed by atoms with Gasteiger partial charge in [-0.25, -0.2) is 0 Å². The predicted molar refractivity (Wildman–Crippen MR) is 100 cm³/mol. The normalized spacial score (nSPS) is 18.3. The van der Waals surface area contributed by atoms with Gasteiger partial charge >= 0.3 is 0 Å². The van der Waals surface area contributed by atoms with Gasteiger partial charge in [-0.1, -0.05) is 23.4 Å². The zero-order valence-electron chi connectivity index (χ0n) is 15.2. The summed E-state index contributed by atoms with van der Waals surface area (Å²) in [6.07, 6.45) is 2.07. The van der Waals surface area contributed by atoms with E-state index in [4.69, 9.17) is 4.52 Å². The molecule has 2 N–H and O–H groups in total. The first-order valence-corrected chi connectivity index (χ1v) is 9.13. The van der Waals surface area contributed by atoms with E-state index in [0.29, 0.717) is 5.69 Å². The maximum Gasteiger partial charge on any atom is 0.267 e. The number of nitrogens with zero attached hydrogens (tertiary/aromatic N) is 2. The second-order valence-electron chi connectivity index (χ2n) is 7.12. The number of fused-ring (bicyclic) bond motifs is 1. The van der Waals surface area contributed by atoms with Crippen LogP contribution >= 0.6 is 0 Å². The average molecular weight is 352 g/mol. The first-order chi connectivity index (χ1) is 12.6. The predicted octanol–water partition coefficient (Wildman–Crippen LogP) is 3.17. The van der Waals surface area contributed by atoms with Crippen LogP contribution in [0.15, 0.2) is 34.9 Å². The quantitative estimate of drug-likeness (QED) is 0.756. The molecule has 2 aromatic heterocycles. The summed E-state index contributed by atoms with van der Waals surface area (Å²) < 4.78 is 5.26. The SMILES string of the molecule is Cc1noc(C)c1CN1CCC[C@H](NC(=O)c2cc3ccccc3[nH]2)C1. The zero-order chi connectivity index (χ0) is 18.1. The van der Waals surface area contributed by atoms with Crippen molar-refractivity contribution in [3.8, 4) is 0 Å². The van der Waals surface area contributed by atoms with E-state index in [1.165, 1.54) is 0 Å². The van der Waals surface area contributed by atoms with Crippen LogP contribution in [0.2, 0.25) is 0 Å². The van der Waals surface area contributed by atoms with Gasteiger partial charge in [0.15, 0.2) is 0 Å². The number of aryl methyl sites for hydroxylation is 2. The number of carbonyl (C=O) groups is 1. The van der Waals surface area contributed by atoms with E-state index >= 15 is 0 Å². The lowest BCUT2D eigenvalue weighted by Gasteiger charge is -2.33. The molecule has 0 aliphatic carbocycles. The van der Waals surface area contributed by atoms with Crippen LogP contribution in [0.4, 0.5) is 0 Å². The number of carbonyl (C=O) groups excluding carboxylic acids is 1. The van der Waals surface area contributed by atoms with Crippen molar-refractivity contribution in [3.05, 3.63) is 53.0 Å². The number of nitrogens with one attached hydrogen (secondary N) is 2. The topological polar surface area (TPSA) is 74.2 Å². The molecule has 1 aliphatic heterocycles. The molecule has 26 heavy (non-hydrogen) atoms. The molecule has 0 saturated carbocycles. The van der Waals surface area contributed by atoms with Crippen LogP contribution in [0.5, 0.6) is 0 Å². The van der Waals surface area contributed by atoms with Crippen LogP contribution in [-0.4, -0.2) is 40.1 Å². The summed E-state index contributed by atoms with van der Waals surface area (Å²) in [4.78, 5) is 18.2. The second-order valence-corrected chi connectivity index (χ2v) is 7.12. The number of hydrogen-bond donors (Lipinski definition) is 2. The molecule has 4 rings (SSSR count). The van der Waals surface area contributed by atoms with Crippen LogP contribution in [0.25, 0.3) is 10.9 Å². The first kappa shape index (κ1) is 16.8. The third-order valence-corrected chi connectivity index (χ3v) is 5.18. The van der Waals surface area contributed by atoms with E-state index in [1.54, 1.807) is 0 Å². The highest BCUT2D eigenvalue weighted by molar-refractivity contribution is 5.98. The van der Waals surface area contributed by atoms with Gasteiger partial charge in [-0.3, -0.25) is 9.69 Å². The molecule has 1 atom stereocenters. The molecule has 0 bridgehead atoms. The summed E-state index contributed by atoms with van der Waals surface area (Å²) in [5.41, 5.74) is 3.72. The lowest BCUT2D eigenvalue weighted by molar-refractivity contribution is 0.0896. The lowest BCUT2D eigenvalue weighted by Crippen LogP contribution is -2.47. The molecule has 3 heterocycles. The molecular formula is C20H24N4O2. The summed E-state index contributed by atoms with van der Waals surface area (Å²) in [5.74, 6) is 0.845. The van der Waals surface area contributed by atoms with Gasteiger partial charge in [0.25, 0.3) is 5.91 Å². The lowest BCUT2D eigenvalue weighted by atomic mass is 10.0. The van der Waals surface area contributed by atoms with Gasteiger partial charge in [-0.2, -0.15) is 0 Å². The van der Waals surface area contributed by atoms with Crippen molar-refractivity contribution in [1.82, 2.24) is 20.4 Å². The molecule has 6 nitrogen and oxygen atoms in total. The van der Waals surface area contributed by atoms with Gasteiger partial charge < -0.3 is 14.8 Å². The summed E-state index contributed by atoms with van der Waals surface area (Å²) in [6.45, 7) is 6.62. The van der Waals surface area contributed by atoms with E-state index in [2.05, 4.69) is 20.4 Å². The summed E-state index contributed by atoms with van der Waals surface area (Å²) in [6, 6.07) is 10.0. The van der Waals surface area contributed by atoms with Crippen LogP contribution in [0.3, 0.4) is 0 Å². The Kier molecular flexibility index (Phi) is 4.51. The van der Waals surface area contributed by atoms with E-state index < -0.39 is 0 Å². The van der Waals surface area contributed by atoms with Crippen molar-refractivity contribution in [3.63, 3.8) is 0 Å². The van der Waals surface area contributed by atoms with Gasteiger partial charge in [0, 0.05) is 35.6 Å². The molecule has 0 unspecified atom stereocenters. The highest BCUT2D eigenvalue weighted by Crippen LogP contribution is 2.19. The summed E-state index contributed by atoms with van der Waals surface area (Å²) in [7, 11) is 0. The average Bonchev–Trinajstić information content (AvgIpc) is 3.21. The second kappa shape index (κ2) is 6.96. The van der Waals surface area contributed by atoms with Gasteiger partial charge in [-0.05, 0) is 45.4 Å². The molecule has 1 aliphatic rings. The van der Waals surface area contributed by atoms with Gasteiger partial charge in [0.1, 0.15) is 11.5 Å². The Morgan fingerprint density at radius 2 is 2.23 bits per heavy atom. The minimum absolute atomic E-state index is 0.0367. The smallest absolute Gasteiger partial charge is 0.267 e. The largest absolute Gasteiger partial charge is 0.361 e. The van der Waals surface area contributed by atoms with Gasteiger partial charge in [0.05, 0.1) is 5.69 Å². The Hall–Kier alpha value is -2.60. The van der Waals surface area contributed by atoms with E-state index in [0.717, 1.165) is 60.4 Å². The van der Waals surface area contributed by atoms with Crippen LogP contribution in [0.1, 0.15) is 40.3 Å². The molecule has 1 aromatic carbocycles. The number of aromatic nitrogens is 2. The number of rotatable bonds is 4. The van der Waals surface area contributed by atoms with Crippen molar-refractivity contribution in [2.75, 3.05) is 13.1 Å². The number of likely N-dealkylation sites (tertiary alicyclic amines) is 1. The number of piperidine rings is 1. The molecule has 1 amide bonds. The molecule has 3 aromatic rings. The molecule has 0 radical (unpaired) electrons. The highest BCUT2D eigenvalue weighted by Gasteiger charge is 2.24. The maximum atomic E-state index is 12.6. The Morgan fingerprint density at radius 3 is 3.00 bits per heavy atom. The Morgan fingerprint density at radius 1 is 1.38 bits per heavy atom. The fourth-order valence-corrected chi connectivity index (χ4v) is 3.73. The monoisotopic (exact) mass is 352 g/mol. The maximum absolute atomic E-state index is 12.6. The Bertz CT molecular complexity index is 874.